The maximum absolute atomic E-state index is 2.23. The highest BCUT2D eigenvalue weighted by Gasteiger charge is 1.91. The van der Waals surface area contributed by atoms with Crippen molar-refractivity contribution in [3.05, 3.63) is 96.6 Å². The fourth-order valence-corrected chi connectivity index (χ4v) is 2.29. The average molecular weight is 333 g/mol. The summed E-state index contributed by atoms with van der Waals surface area (Å²) in [5.74, 6) is 0. The lowest BCUT2D eigenvalue weighted by Gasteiger charge is -1.98. The highest BCUT2D eigenvalue weighted by Crippen LogP contribution is 2.17. The van der Waals surface area contributed by atoms with Crippen molar-refractivity contribution in [1.29, 1.82) is 0 Å². The van der Waals surface area contributed by atoms with Gasteiger partial charge in [0.2, 0.25) is 0 Å². The van der Waals surface area contributed by atoms with E-state index in [2.05, 4.69) is 99.6 Å². The third-order valence-corrected chi connectivity index (χ3v) is 3.54. The molecular formula is C25H32. The molecule has 3 aromatic carbocycles. The van der Waals surface area contributed by atoms with Crippen LogP contribution in [0, 0.1) is 0 Å². The molecule has 0 saturated heterocycles. The molecule has 0 bridgehead atoms. The first-order valence-electron chi connectivity index (χ1n) is 9.46. The van der Waals surface area contributed by atoms with Gasteiger partial charge in [-0.25, -0.2) is 0 Å². The minimum Gasteiger partial charge on any atom is -0.0656 e. The maximum atomic E-state index is 2.23. The molecule has 0 N–H and O–H groups in total. The Morgan fingerprint density at radius 1 is 0.520 bits per heavy atom. The largest absolute Gasteiger partial charge is 0.0656 e. The molecule has 0 aliphatic carbocycles. The second-order valence-electron chi connectivity index (χ2n) is 6.03. The van der Waals surface area contributed by atoms with Gasteiger partial charge in [-0.15, -0.1) is 0 Å². The van der Waals surface area contributed by atoms with E-state index in [1.165, 1.54) is 42.4 Å². The van der Waals surface area contributed by atoms with Gasteiger partial charge in [-0.2, -0.15) is 0 Å². The molecule has 0 aromatic heterocycles. The van der Waals surface area contributed by atoms with Crippen molar-refractivity contribution in [2.45, 2.75) is 46.5 Å². The Labute approximate surface area is 154 Å². The molecule has 0 heteroatoms. The topological polar surface area (TPSA) is 0 Å². The van der Waals surface area contributed by atoms with Gasteiger partial charge in [-0.3, -0.25) is 0 Å². The van der Waals surface area contributed by atoms with Crippen LogP contribution in [0.3, 0.4) is 0 Å². The Morgan fingerprint density at radius 3 is 1.24 bits per heavy atom. The molecule has 3 aromatic rings. The van der Waals surface area contributed by atoms with Crippen molar-refractivity contribution in [1.82, 2.24) is 0 Å². The van der Waals surface area contributed by atoms with Crippen molar-refractivity contribution in [2.75, 3.05) is 0 Å². The molecule has 0 amide bonds. The van der Waals surface area contributed by atoms with Gasteiger partial charge in [-0.1, -0.05) is 125 Å². The van der Waals surface area contributed by atoms with Gasteiger partial charge in [0.15, 0.2) is 0 Å². The molecule has 25 heavy (non-hydrogen) atoms. The van der Waals surface area contributed by atoms with E-state index in [1.54, 1.807) is 0 Å². The second kappa shape index (κ2) is 14.0. The molecule has 0 saturated carbocycles. The molecule has 0 spiro atoms. The molecule has 0 aliphatic heterocycles. The van der Waals surface area contributed by atoms with Crippen LogP contribution in [0.25, 0.3) is 11.1 Å². The summed E-state index contributed by atoms with van der Waals surface area (Å²) in [7, 11) is 0. The van der Waals surface area contributed by atoms with Gasteiger partial charge in [0, 0.05) is 0 Å². The van der Waals surface area contributed by atoms with Crippen molar-refractivity contribution in [2.24, 2.45) is 0 Å². The van der Waals surface area contributed by atoms with Crippen LogP contribution in [0.2, 0.25) is 0 Å². The van der Waals surface area contributed by atoms with Crippen LogP contribution in [0.1, 0.15) is 45.6 Å². The zero-order chi connectivity index (χ0) is 18.2. The number of hydrogen-bond donors (Lipinski definition) is 0. The zero-order valence-electron chi connectivity index (χ0n) is 16.0. The lowest BCUT2D eigenvalue weighted by molar-refractivity contribution is 0.795. The van der Waals surface area contributed by atoms with Crippen LogP contribution in [0.5, 0.6) is 0 Å². The van der Waals surface area contributed by atoms with E-state index in [1.807, 2.05) is 12.1 Å². The summed E-state index contributed by atoms with van der Waals surface area (Å²) in [6.45, 7) is 6.48. The van der Waals surface area contributed by atoms with Crippen LogP contribution in [0.4, 0.5) is 0 Å². The van der Waals surface area contributed by atoms with Crippen molar-refractivity contribution >= 4 is 0 Å². The van der Waals surface area contributed by atoms with E-state index in [0.29, 0.717) is 0 Å². The maximum Gasteiger partial charge on any atom is -0.0184 e. The summed E-state index contributed by atoms with van der Waals surface area (Å²) in [5, 5.41) is 0. The minimum atomic E-state index is 1.23. The van der Waals surface area contributed by atoms with Crippen LogP contribution in [-0.2, 0) is 6.42 Å². The van der Waals surface area contributed by atoms with E-state index in [4.69, 9.17) is 0 Å². The SMILES string of the molecule is CCC.CCCCc1ccccc1.c1ccc(-c2ccccc2)cc1. The van der Waals surface area contributed by atoms with Crippen LogP contribution >= 0.6 is 0 Å². The number of rotatable bonds is 4. The quantitative estimate of drug-likeness (QED) is 0.457. The molecule has 0 aliphatic rings. The lowest BCUT2D eigenvalue weighted by atomic mass is 10.1. The van der Waals surface area contributed by atoms with Gasteiger partial charge in [0.1, 0.15) is 0 Å². The first kappa shape index (κ1) is 20.7. The summed E-state index contributed by atoms with van der Waals surface area (Å²) in [4.78, 5) is 0. The summed E-state index contributed by atoms with van der Waals surface area (Å²) in [6.07, 6.45) is 5.08. The standard InChI is InChI=1S/C12H10.C10H14.C3H8/c1-3-7-11(8-4-1)12-9-5-2-6-10-12;1-2-3-7-10-8-5-4-6-9-10;1-3-2/h1-10H;4-6,8-9H,2-3,7H2,1H3;3H2,1-2H3. The Bertz CT molecular complexity index is 589. The van der Waals surface area contributed by atoms with Crippen LogP contribution in [-0.4, -0.2) is 0 Å². The van der Waals surface area contributed by atoms with Crippen molar-refractivity contribution in [3.63, 3.8) is 0 Å². The van der Waals surface area contributed by atoms with Crippen molar-refractivity contribution < 1.29 is 0 Å². The third kappa shape index (κ3) is 9.52. The predicted molar refractivity (Wildman–Crippen MR) is 113 cm³/mol. The van der Waals surface area contributed by atoms with Crippen LogP contribution in [0.15, 0.2) is 91.0 Å². The number of unbranched alkanes of at least 4 members (excludes halogenated alkanes) is 1. The van der Waals surface area contributed by atoms with E-state index >= 15 is 0 Å². The van der Waals surface area contributed by atoms with Gasteiger partial charge >= 0.3 is 0 Å². The highest BCUT2D eigenvalue weighted by molar-refractivity contribution is 5.62. The Morgan fingerprint density at radius 2 is 0.880 bits per heavy atom. The number of benzene rings is 3. The first-order valence-corrected chi connectivity index (χ1v) is 9.46. The number of aryl methyl sites for hydroxylation is 1. The molecular weight excluding hydrogens is 300 g/mol. The fourth-order valence-electron chi connectivity index (χ4n) is 2.29. The summed E-state index contributed by atoms with van der Waals surface area (Å²) in [5.41, 5.74) is 4.01. The third-order valence-electron chi connectivity index (χ3n) is 3.54. The normalized spacial score (nSPS) is 9.24. The molecule has 3 rings (SSSR count). The Hall–Kier alpha value is -2.34. The summed E-state index contributed by atoms with van der Waals surface area (Å²) < 4.78 is 0. The van der Waals surface area contributed by atoms with E-state index in [9.17, 15) is 0 Å². The predicted octanol–water partition coefficient (Wildman–Crippen LogP) is 7.80. The Balaban J connectivity index is 0.000000220. The zero-order valence-corrected chi connectivity index (χ0v) is 16.0. The van der Waals surface area contributed by atoms with Gasteiger partial charge in [0.25, 0.3) is 0 Å². The molecule has 0 unspecified atom stereocenters. The summed E-state index contributed by atoms with van der Waals surface area (Å²) in [6, 6.07) is 31.4. The molecule has 132 valence electrons. The molecule has 0 nitrogen and oxygen atoms in total. The fraction of sp³-hybridized carbons (Fsp3) is 0.280. The first-order chi connectivity index (χ1) is 12.3. The van der Waals surface area contributed by atoms with E-state index in [0.717, 1.165) is 0 Å². The Kier molecular flexibility index (Phi) is 11.6. The van der Waals surface area contributed by atoms with Gasteiger partial charge in [-0.05, 0) is 29.5 Å². The monoisotopic (exact) mass is 332 g/mol. The minimum absolute atomic E-state index is 1.23. The van der Waals surface area contributed by atoms with E-state index < -0.39 is 0 Å². The smallest absolute Gasteiger partial charge is 0.0184 e. The van der Waals surface area contributed by atoms with Crippen LogP contribution < -0.4 is 0 Å². The molecule has 0 heterocycles. The summed E-state index contributed by atoms with van der Waals surface area (Å²) >= 11 is 0. The lowest BCUT2D eigenvalue weighted by Crippen LogP contribution is -1.81. The van der Waals surface area contributed by atoms with Crippen molar-refractivity contribution in [3.8, 4) is 11.1 Å². The highest BCUT2D eigenvalue weighted by atomic mass is 14.0. The van der Waals surface area contributed by atoms with Gasteiger partial charge < -0.3 is 0 Å². The van der Waals surface area contributed by atoms with E-state index in [-0.39, 0.29) is 0 Å². The second-order valence-corrected chi connectivity index (χ2v) is 6.03. The number of hydrogen-bond acceptors (Lipinski definition) is 0. The molecule has 0 radical (unpaired) electrons. The van der Waals surface area contributed by atoms with Gasteiger partial charge in [0.05, 0.1) is 0 Å². The molecule has 0 fully saturated rings. The average Bonchev–Trinajstić information content (AvgIpc) is 2.70. The molecule has 0 atom stereocenters.